The van der Waals surface area contributed by atoms with E-state index in [-0.39, 0.29) is 30.1 Å². The molecular weight excluding hydrogens is 340 g/mol. The Hall–Kier alpha value is -1.15. The minimum Gasteiger partial charge on any atom is -0.465 e. The Morgan fingerprint density at radius 1 is 1.43 bits per heavy atom. The molecule has 2 rings (SSSR count). The van der Waals surface area contributed by atoms with Crippen molar-refractivity contribution in [2.45, 2.75) is 25.1 Å². The number of piperidine rings is 1. The van der Waals surface area contributed by atoms with E-state index in [1.54, 1.807) is 24.3 Å². The summed E-state index contributed by atoms with van der Waals surface area (Å²) in [6.07, 6.45) is 0.669. The molecule has 0 saturated carbocycles. The van der Waals surface area contributed by atoms with Crippen LogP contribution in [0.3, 0.4) is 0 Å². The standard InChI is InChI=1S/C15H22N2O4S.ClH/c1-11-9-17(7-6-14(11)16)22(19,20)10-12-4-3-5-13(8-12)15(18)21-2;/h3-5,8,11,14H,6-7,9-10,16H2,1-2H3;1H. The van der Waals surface area contributed by atoms with Gasteiger partial charge >= 0.3 is 5.97 Å². The normalized spacial score (nSPS) is 22.2. The fourth-order valence-electron chi connectivity index (χ4n) is 2.59. The van der Waals surface area contributed by atoms with Gasteiger partial charge in [0.1, 0.15) is 0 Å². The maximum absolute atomic E-state index is 12.5. The summed E-state index contributed by atoms with van der Waals surface area (Å²) in [5.41, 5.74) is 6.86. The van der Waals surface area contributed by atoms with Gasteiger partial charge in [-0.25, -0.2) is 17.5 Å². The van der Waals surface area contributed by atoms with E-state index < -0.39 is 16.0 Å². The van der Waals surface area contributed by atoms with Crippen LogP contribution in [0.5, 0.6) is 0 Å². The van der Waals surface area contributed by atoms with Gasteiger partial charge in [0.2, 0.25) is 10.0 Å². The number of hydrogen-bond donors (Lipinski definition) is 1. The van der Waals surface area contributed by atoms with Crippen molar-refractivity contribution >= 4 is 28.4 Å². The number of nitrogens with zero attached hydrogens (tertiary/aromatic N) is 1. The first kappa shape index (κ1) is 19.9. The molecule has 6 nitrogen and oxygen atoms in total. The first-order chi connectivity index (χ1) is 10.3. The van der Waals surface area contributed by atoms with Crippen LogP contribution in [0.1, 0.15) is 29.3 Å². The number of carbonyl (C=O) groups is 1. The second kappa shape index (κ2) is 8.10. The SMILES string of the molecule is COC(=O)c1cccc(CS(=O)(=O)N2CCC(N)C(C)C2)c1.Cl. The summed E-state index contributed by atoms with van der Waals surface area (Å²) in [6, 6.07) is 6.57. The van der Waals surface area contributed by atoms with Gasteiger partial charge in [0, 0.05) is 19.1 Å². The Balaban J connectivity index is 0.00000264. The lowest BCUT2D eigenvalue weighted by Gasteiger charge is -2.34. The molecule has 0 aromatic heterocycles. The zero-order valence-corrected chi connectivity index (χ0v) is 14.9. The highest BCUT2D eigenvalue weighted by molar-refractivity contribution is 7.88. The van der Waals surface area contributed by atoms with Crippen LogP contribution in [0.15, 0.2) is 24.3 Å². The minimum absolute atomic E-state index is 0. The fourth-order valence-corrected chi connectivity index (χ4v) is 4.22. The zero-order valence-electron chi connectivity index (χ0n) is 13.3. The van der Waals surface area contributed by atoms with Crippen molar-refractivity contribution in [1.29, 1.82) is 0 Å². The molecule has 0 radical (unpaired) electrons. The van der Waals surface area contributed by atoms with Gasteiger partial charge in [0.25, 0.3) is 0 Å². The van der Waals surface area contributed by atoms with E-state index in [4.69, 9.17) is 5.73 Å². The lowest BCUT2D eigenvalue weighted by Crippen LogP contribution is -2.48. The number of nitrogens with two attached hydrogens (primary N) is 1. The third-order valence-electron chi connectivity index (χ3n) is 4.02. The molecule has 1 aromatic carbocycles. The quantitative estimate of drug-likeness (QED) is 0.817. The summed E-state index contributed by atoms with van der Waals surface area (Å²) >= 11 is 0. The maximum atomic E-state index is 12.5. The molecule has 0 aliphatic carbocycles. The van der Waals surface area contributed by atoms with Crippen LogP contribution in [-0.4, -0.2) is 44.9 Å². The van der Waals surface area contributed by atoms with Crippen molar-refractivity contribution in [2.24, 2.45) is 11.7 Å². The summed E-state index contributed by atoms with van der Waals surface area (Å²) in [5, 5.41) is 0. The lowest BCUT2D eigenvalue weighted by atomic mass is 9.96. The highest BCUT2D eigenvalue weighted by atomic mass is 35.5. The van der Waals surface area contributed by atoms with Crippen LogP contribution in [0.2, 0.25) is 0 Å². The number of methoxy groups -OCH3 is 1. The predicted octanol–water partition coefficient (Wildman–Crippen LogP) is 1.39. The number of carbonyl (C=O) groups excluding carboxylic acids is 1. The number of hydrogen-bond acceptors (Lipinski definition) is 5. The number of benzene rings is 1. The second-order valence-corrected chi connectivity index (χ2v) is 7.70. The van der Waals surface area contributed by atoms with Gasteiger partial charge in [-0.3, -0.25) is 0 Å². The van der Waals surface area contributed by atoms with Crippen LogP contribution in [-0.2, 0) is 20.5 Å². The molecule has 1 heterocycles. The summed E-state index contributed by atoms with van der Waals surface area (Å²) < 4.78 is 31.2. The second-order valence-electron chi connectivity index (χ2n) is 5.74. The van der Waals surface area contributed by atoms with Crippen LogP contribution in [0.4, 0.5) is 0 Å². The molecule has 1 aliphatic rings. The highest BCUT2D eigenvalue weighted by Crippen LogP contribution is 2.21. The van der Waals surface area contributed by atoms with Crippen molar-refractivity contribution in [3.63, 3.8) is 0 Å². The van der Waals surface area contributed by atoms with Gasteiger partial charge in [-0.2, -0.15) is 0 Å². The molecule has 130 valence electrons. The molecule has 1 aliphatic heterocycles. The Morgan fingerprint density at radius 2 is 2.13 bits per heavy atom. The summed E-state index contributed by atoms with van der Waals surface area (Å²) in [4.78, 5) is 11.5. The van der Waals surface area contributed by atoms with E-state index in [0.717, 1.165) is 0 Å². The van der Waals surface area contributed by atoms with Gasteiger partial charge < -0.3 is 10.5 Å². The van der Waals surface area contributed by atoms with Gasteiger partial charge in [-0.1, -0.05) is 19.1 Å². The van der Waals surface area contributed by atoms with Crippen LogP contribution < -0.4 is 5.73 Å². The van der Waals surface area contributed by atoms with E-state index in [9.17, 15) is 13.2 Å². The lowest BCUT2D eigenvalue weighted by molar-refractivity contribution is 0.0600. The first-order valence-electron chi connectivity index (χ1n) is 7.24. The Labute approximate surface area is 143 Å². The molecule has 2 N–H and O–H groups in total. The molecule has 2 unspecified atom stereocenters. The smallest absolute Gasteiger partial charge is 0.337 e. The molecule has 2 atom stereocenters. The van der Waals surface area contributed by atoms with E-state index in [2.05, 4.69) is 4.74 Å². The van der Waals surface area contributed by atoms with Crippen molar-refractivity contribution in [2.75, 3.05) is 20.2 Å². The van der Waals surface area contributed by atoms with Gasteiger partial charge in [-0.05, 0) is 30.0 Å². The molecule has 23 heavy (non-hydrogen) atoms. The Kier molecular flexibility index (Phi) is 7.01. The first-order valence-corrected chi connectivity index (χ1v) is 8.85. The molecule has 0 amide bonds. The predicted molar refractivity (Wildman–Crippen MR) is 91.0 cm³/mol. The van der Waals surface area contributed by atoms with Crippen molar-refractivity contribution in [3.05, 3.63) is 35.4 Å². The average Bonchev–Trinajstić information content (AvgIpc) is 2.49. The van der Waals surface area contributed by atoms with Crippen LogP contribution >= 0.6 is 12.4 Å². The average molecular weight is 363 g/mol. The van der Waals surface area contributed by atoms with E-state index in [0.29, 0.717) is 30.6 Å². The number of halogens is 1. The summed E-state index contributed by atoms with van der Waals surface area (Å²) in [7, 11) is -2.12. The monoisotopic (exact) mass is 362 g/mol. The maximum Gasteiger partial charge on any atom is 0.337 e. The van der Waals surface area contributed by atoms with E-state index >= 15 is 0 Å². The molecule has 8 heteroatoms. The Bertz CT molecular complexity index is 651. The molecule has 0 spiro atoms. The number of esters is 1. The van der Waals surface area contributed by atoms with Crippen molar-refractivity contribution < 1.29 is 17.9 Å². The van der Waals surface area contributed by atoms with Crippen molar-refractivity contribution in [3.8, 4) is 0 Å². The van der Waals surface area contributed by atoms with E-state index in [1.165, 1.54) is 11.4 Å². The third-order valence-corrected chi connectivity index (χ3v) is 5.84. The fraction of sp³-hybridized carbons (Fsp3) is 0.533. The van der Waals surface area contributed by atoms with Crippen LogP contribution in [0, 0.1) is 5.92 Å². The minimum atomic E-state index is -3.42. The topological polar surface area (TPSA) is 89.7 Å². The number of rotatable bonds is 4. The van der Waals surface area contributed by atoms with Gasteiger partial charge in [0.15, 0.2) is 0 Å². The van der Waals surface area contributed by atoms with Gasteiger partial charge in [0.05, 0.1) is 18.4 Å². The zero-order chi connectivity index (χ0) is 16.3. The summed E-state index contributed by atoms with van der Waals surface area (Å²) in [5.74, 6) is -0.457. The van der Waals surface area contributed by atoms with Gasteiger partial charge in [-0.15, -0.1) is 12.4 Å². The summed E-state index contributed by atoms with van der Waals surface area (Å²) in [6.45, 7) is 2.86. The van der Waals surface area contributed by atoms with Crippen LogP contribution in [0.25, 0.3) is 0 Å². The number of sulfonamides is 1. The van der Waals surface area contributed by atoms with Crippen molar-refractivity contribution in [1.82, 2.24) is 4.31 Å². The molecule has 1 saturated heterocycles. The molecule has 1 fully saturated rings. The Morgan fingerprint density at radius 3 is 2.74 bits per heavy atom. The third kappa shape index (κ3) is 4.91. The highest BCUT2D eigenvalue weighted by Gasteiger charge is 2.30. The van der Waals surface area contributed by atoms with E-state index in [1.807, 2.05) is 6.92 Å². The molecule has 1 aromatic rings. The largest absolute Gasteiger partial charge is 0.465 e. The molecular formula is C15H23ClN2O4S. The molecule has 0 bridgehead atoms. The number of ether oxygens (including phenoxy) is 1.